The van der Waals surface area contributed by atoms with E-state index in [1.54, 1.807) is 30.4 Å². The van der Waals surface area contributed by atoms with Crippen molar-refractivity contribution in [1.82, 2.24) is 4.90 Å². The van der Waals surface area contributed by atoms with E-state index in [-0.39, 0.29) is 0 Å². The molecule has 0 spiro atoms. The molecule has 6 heteroatoms. The van der Waals surface area contributed by atoms with Gasteiger partial charge in [0.05, 0.1) is 28.7 Å². The fourth-order valence-electron chi connectivity index (χ4n) is 2.17. The third-order valence-electron chi connectivity index (χ3n) is 3.20. The Labute approximate surface area is 137 Å². The highest BCUT2D eigenvalue weighted by Gasteiger charge is 2.20. The van der Waals surface area contributed by atoms with Crippen molar-refractivity contribution in [3.63, 3.8) is 0 Å². The van der Waals surface area contributed by atoms with Crippen molar-refractivity contribution in [2.24, 2.45) is 9.98 Å². The van der Waals surface area contributed by atoms with E-state index in [4.69, 9.17) is 16.9 Å². The van der Waals surface area contributed by atoms with Crippen LogP contribution in [0.1, 0.15) is 5.56 Å². The van der Waals surface area contributed by atoms with Gasteiger partial charge in [0.25, 0.3) is 0 Å². The van der Waals surface area contributed by atoms with Crippen molar-refractivity contribution < 1.29 is 0 Å². The molecular weight excluding hydrogens is 316 g/mol. The number of hydrogen-bond donors (Lipinski definition) is 0. The lowest BCUT2D eigenvalue weighted by Crippen LogP contribution is -2.29. The fraction of sp³-hybridized carbons (Fsp3) is 0.0625. The molecule has 108 valence electrons. The van der Waals surface area contributed by atoms with Gasteiger partial charge in [0, 0.05) is 28.9 Å². The highest BCUT2D eigenvalue weighted by atomic mass is 35.5. The lowest BCUT2D eigenvalue weighted by atomic mass is 10.1. The molecule has 0 aromatic heterocycles. The van der Waals surface area contributed by atoms with Crippen molar-refractivity contribution in [2.45, 2.75) is 4.90 Å². The second-order valence-electron chi connectivity index (χ2n) is 4.49. The second kappa shape index (κ2) is 6.22. The summed E-state index contributed by atoms with van der Waals surface area (Å²) >= 11 is 7.87. The van der Waals surface area contributed by atoms with Gasteiger partial charge in [0.15, 0.2) is 5.84 Å². The number of halogens is 1. The van der Waals surface area contributed by atoms with E-state index in [0.29, 0.717) is 10.9 Å². The number of aliphatic imine (C=N–C) groups is 2. The summed E-state index contributed by atoms with van der Waals surface area (Å²) in [4.78, 5) is 11.5. The lowest BCUT2D eigenvalue weighted by Gasteiger charge is -2.26. The van der Waals surface area contributed by atoms with Gasteiger partial charge in [-0.05, 0) is 24.5 Å². The first kappa shape index (κ1) is 14.6. The van der Waals surface area contributed by atoms with Crippen LogP contribution in [0.15, 0.2) is 63.3 Å². The first-order valence-corrected chi connectivity index (χ1v) is 8.06. The predicted octanol–water partition coefficient (Wildman–Crippen LogP) is 4.08. The zero-order chi connectivity index (χ0) is 15.5. The molecule has 0 saturated heterocycles. The second-order valence-corrected chi connectivity index (χ2v) is 5.75. The Hall–Kier alpha value is -2.29. The Morgan fingerprint density at radius 1 is 1.41 bits per heavy atom. The van der Waals surface area contributed by atoms with Crippen LogP contribution in [0.3, 0.4) is 0 Å². The molecule has 1 aromatic carbocycles. The van der Waals surface area contributed by atoms with Crippen LogP contribution in [-0.4, -0.2) is 23.2 Å². The summed E-state index contributed by atoms with van der Waals surface area (Å²) < 4.78 is 0. The number of benzene rings is 1. The number of nitriles is 1. The van der Waals surface area contributed by atoms with Crippen molar-refractivity contribution >= 4 is 41.1 Å². The summed E-state index contributed by atoms with van der Waals surface area (Å²) in [6.07, 6.45) is 10.4. The van der Waals surface area contributed by atoms with Crippen molar-refractivity contribution in [3.05, 3.63) is 59.0 Å². The average Bonchev–Trinajstić information content (AvgIpc) is 2.55. The first-order chi connectivity index (χ1) is 10.7. The largest absolute Gasteiger partial charge is 0.298 e. The Bertz CT molecular complexity index is 812. The van der Waals surface area contributed by atoms with Crippen molar-refractivity contribution in [3.8, 4) is 6.07 Å². The zero-order valence-electron chi connectivity index (χ0n) is 11.7. The summed E-state index contributed by atoms with van der Waals surface area (Å²) in [6, 6.07) is 7.89. The standard InChI is InChI=1S/C16H11ClN4S/c1-22-15-3-2-11(8-13(15)17)14-9-12(4-5-18)21-7-6-19-10-16(21)20-14/h2-4,6-10H,1H3/b12-4+. The molecule has 0 amide bonds. The van der Waals surface area contributed by atoms with Gasteiger partial charge in [-0.3, -0.25) is 9.89 Å². The minimum Gasteiger partial charge on any atom is -0.298 e. The quantitative estimate of drug-likeness (QED) is 0.608. The number of hydrogen-bond acceptors (Lipinski definition) is 5. The minimum atomic E-state index is 0.673. The lowest BCUT2D eigenvalue weighted by molar-refractivity contribution is 0.710. The van der Waals surface area contributed by atoms with E-state index >= 15 is 0 Å². The molecule has 0 radical (unpaired) electrons. The van der Waals surface area contributed by atoms with Crippen LogP contribution in [0.4, 0.5) is 0 Å². The minimum absolute atomic E-state index is 0.673. The van der Waals surface area contributed by atoms with E-state index in [9.17, 15) is 0 Å². The molecule has 3 rings (SSSR count). The highest BCUT2D eigenvalue weighted by molar-refractivity contribution is 7.98. The summed E-state index contributed by atoms with van der Waals surface area (Å²) in [5, 5.41) is 9.67. The Kier molecular flexibility index (Phi) is 4.14. The van der Waals surface area contributed by atoms with Crippen LogP contribution in [0.2, 0.25) is 5.02 Å². The molecule has 22 heavy (non-hydrogen) atoms. The van der Waals surface area contributed by atoms with Crippen LogP contribution >= 0.6 is 23.4 Å². The third kappa shape index (κ3) is 2.71. The van der Waals surface area contributed by atoms with E-state index in [1.165, 1.54) is 6.08 Å². The summed E-state index contributed by atoms with van der Waals surface area (Å²) in [5.74, 6) is 0.673. The van der Waals surface area contributed by atoms with E-state index in [1.807, 2.05) is 35.4 Å². The molecule has 4 nitrogen and oxygen atoms in total. The van der Waals surface area contributed by atoms with Gasteiger partial charge in [-0.1, -0.05) is 17.7 Å². The number of rotatable bonds is 2. The van der Waals surface area contributed by atoms with Crippen LogP contribution < -0.4 is 0 Å². The van der Waals surface area contributed by atoms with Gasteiger partial charge in [-0.25, -0.2) is 4.99 Å². The SMILES string of the molecule is CSc1ccc(C2=C/C(=C\C#N)N3C=CN=CC3=N2)cc1Cl. The number of nitrogens with zero attached hydrogens (tertiary/aromatic N) is 4. The Balaban J connectivity index is 2.07. The smallest absolute Gasteiger partial charge is 0.156 e. The van der Waals surface area contributed by atoms with Gasteiger partial charge in [-0.2, -0.15) is 5.26 Å². The van der Waals surface area contributed by atoms with Gasteiger partial charge in [0.1, 0.15) is 0 Å². The average molecular weight is 327 g/mol. The molecule has 0 fully saturated rings. The highest BCUT2D eigenvalue weighted by Crippen LogP contribution is 2.31. The molecule has 0 unspecified atom stereocenters. The maximum Gasteiger partial charge on any atom is 0.156 e. The maximum absolute atomic E-state index is 8.97. The molecular formula is C16H11ClN4S. The van der Waals surface area contributed by atoms with Crippen LogP contribution in [0.25, 0.3) is 5.70 Å². The van der Waals surface area contributed by atoms with Gasteiger partial charge in [0.2, 0.25) is 0 Å². The Morgan fingerprint density at radius 2 is 2.27 bits per heavy atom. The van der Waals surface area contributed by atoms with Crippen molar-refractivity contribution in [1.29, 1.82) is 5.26 Å². The fourth-order valence-corrected chi connectivity index (χ4v) is 3.04. The molecule has 0 N–H and O–H groups in total. The molecule has 2 heterocycles. The van der Waals surface area contributed by atoms with Gasteiger partial charge < -0.3 is 0 Å². The summed E-state index contributed by atoms with van der Waals surface area (Å²) in [6.45, 7) is 0. The zero-order valence-corrected chi connectivity index (χ0v) is 13.3. The normalized spacial score (nSPS) is 17.9. The topological polar surface area (TPSA) is 51.8 Å². The molecule has 0 atom stereocenters. The van der Waals surface area contributed by atoms with Crippen LogP contribution in [0.5, 0.6) is 0 Å². The molecule has 0 aliphatic carbocycles. The summed E-state index contributed by atoms with van der Waals surface area (Å²) in [5.41, 5.74) is 2.40. The van der Waals surface area contributed by atoms with Crippen LogP contribution in [-0.2, 0) is 0 Å². The van der Waals surface area contributed by atoms with Gasteiger partial charge in [-0.15, -0.1) is 11.8 Å². The summed E-state index contributed by atoms with van der Waals surface area (Å²) in [7, 11) is 0. The molecule has 2 aliphatic heterocycles. The van der Waals surface area contributed by atoms with Crippen molar-refractivity contribution in [2.75, 3.05) is 6.26 Å². The third-order valence-corrected chi connectivity index (χ3v) is 4.42. The molecule has 1 aromatic rings. The van der Waals surface area contributed by atoms with Gasteiger partial charge >= 0.3 is 0 Å². The van der Waals surface area contributed by atoms with E-state index in [2.05, 4.69) is 16.1 Å². The molecule has 0 saturated carbocycles. The monoisotopic (exact) mass is 326 g/mol. The number of thioether (sulfide) groups is 1. The molecule has 0 bridgehead atoms. The van der Waals surface area contributed by atoms with Crippen LogP contribution in [0, 0.1) is 11.3 Å². The number of allylic oxidation sites excluding steroid dienone is 2. The van der Waals surface area contributed by atoms with E-state index < -0.39 is 0 Å². The first-order valence-electron chi connectivity index (χ1n) is 6.46. The van der Waals surface area contributed by atoms with E-state index in [0.717, 1.165) is 21.9 Å². The number of amidine groups is 1. The maximum atomic E-state index is 8.97. The molecule has 2 aliphatic rings. The predicted molar refractivity (Wildman–Crippen MR) is 91.8 cm³/mol. The number of fused-ring (bicyclic) bond motifs is 1. The Morgan fingerprint density at radius 3 is 3.00 bits per heavy atom.